The smallest absolute Gasteiger partial charge is 0.151 e. The molecule has 0 spiro atoms. The predicted octanol–water partition coefficient (Wildman–Crippen LogP) is 1.93. The third-order valence-electron chi connectivity index (χ3n) is 2.52. The fourth-order valence-electron chi connectivity index (χ4n) is 1.71. The maximum Gasteiger partial charge on any atom is 0.151 e. The highest BCUT2D eigenvalue weighted by atomic mass is 16.5. The van der Waals surface area contributed by atoms with Gasteiger partial charge in [-0.25, -0.2) is 0 Å². The van der Waals surface area contributed by atoms with Gasteiger partial charge in [-0.3, -0.25) is 0 Å². The van der Waals surface area contributed by atoms with E-state index < -0.39 is 5.60 Å². The zero-order valence-electron chi connectivity index (χ0n) is 7.92. The molecule has 1 heterocycles. The second-order valence-electron chi connectivity index (χ2n) is 3.55. The van der Waals surface area contributed by atoms with Crippen molar-refractivity contribution >= 4 is 6.29 Å². The molecule has 2 nitrogen and oxygen atoms in total. The van der Waals surface area contributed by atoms with Crippen LogP contribution in [-0.2, 0) is 9.53 Å². The summed E-state index contributed by atoms with van der Waals surface area (Å²) in [5.74, 6) is 2.58. The van der Waals surface area contributed by atoms with Crippen molar-refractivity contribution in [3.63, 3.8) is 0 Å². The standard InChI is InChI=1S/C11H16O2/c1-2-3-4-7-11(10-12)8-5-6-9-13-11/h1,10H,3-9H2. The van der Waals surface area contributed by atoms with Crippen LogP contribution in [0.4, 0.5) is 0 Å². The monoisotopic (exact) mass is 180 g/mol. The van der Waals surface area contributed by atoms with Crippen molar-refractivity contribution in [2.24, 2.45) is 0 Å². The molecule has 1 unspecified atom stereocenters. The van der Waals surface area contributed by atoms with Crippen LogP contribution < -0.4 is 0 Å². The van der Waals surface area contributed by atoms with E-state index in [4.69, 9.17) is 11.2 Å². The summed E-state index contributed by atoms with van der Waals surface area (Å²) in [7, 11) is 0. The molecule has 1 rings (SSSR count). The van der Waals surface area contributed by atoms with Gasteiger partial charge < -0.3 is 9.53 Å². The summed E-state index contributed by atoms with van der Waals surface area (Å²) in [6, 6.07) is 0. The number of carbonyl (C=O) groups excluding carboxylic acids is 1. The van der Waals surface area contributed by atoms with Gasteiger partial charge in [-0.05, 0) is 32.1 Å². The van der Waals surface area contributed by atoms with Crippen molar-refractivity contribution in [3.05, 3.63) is 0 Å². The van der Waals surface area contributed by atoms with Crippen LogP contribution in [0.1, 0.15) is 38.5 Å². The van der Waals surface area contributed by atoms with Gasteiger partial charge in [-0.15, -0.1) is 12.3 Å². The molecule has 0 aromatic heterocycles. The Balaban J connectivity index is 2.39. The zero-order valence-corrected chi connectivity index (χ0v) is 7.92. The van der Waals surface area contributed by atoms with Crippen molar-refractivity contribution in [2.45, 2.75) is 44.1 Å². The van der Waals surface area contributed by atoms with Gasteiger partial charge in [0.15, 0.2) is 6.29 Å². The lowest BCUT2D eigenvalue weighted by Gasteiger charge is -2.32. The maximum absolute atomic E-state index is 10.9. The van der Waals surface area contributed by atoms with Crippen molar-refractivity contribution in [1.82, 2.24) is 0 Å². The van der Waals surface area contributed by atoms with Gasteiger partial charge in [0.1, 0.15) is 5.60 Å². The van der Waals surface area contributed by atoms with Gasteiger partial charge >= 0.3 is 0 Å². The molecule has 0 N–H and O–H groups in total. The molecule has 0 saturated carbocycles. The summed E-state index contributed by atoms with van der Waals surface area (Å²) in [4.78, 5) is 10.9. The summed E-state index contributed by atoms with van der Waals surface area (Å²) < 4.78 is 5.52. The van der Waals surface area contributed by atoms with E-state index in [2.05, 4.69) is 5.92 Å². The molecule has 1 aliphatic rings. The summed E-state index contributed by atoms with van der Waals surface area (Å²) in [5, 5.41) is 0. The van der Waals surface area contributed by atoms with Crippen LogP contribution in [0.25, 0.3) is 0 Å². The minimum absolute atomic E-state index is 0.505. The number of unbranched alkanes of at least 4 members (excludes halogenated alkanes) is 1. The average Bonchev–Trinajstić information content (AvgIpc) is 2.20. The second kappa shape index (κ2) is 5.04. The topological polar surface area (TPSA) is 26.3 Å². The molecule has 72 valence electrons. The first-order valence-corrected chi connectivity index (χ1v) is 4.87. The summed E-state index contributed by atoms with van der Waals surface area (Å²) in [5.41, 5.74) is -0.505. The maximum atomic E-state index is 10.9. The number of carbonyl (C=O) groups is 1. The number of ether oxygens (including phenoxy) is 1. The van der Waals surface area contributed by atoms with E-state index in [1.165, 1.54) is 0 Å². The fourth-order valence-corrected chi connectivity index (χ4v) is 1.71. The Bertz CT molecular complexity index is 197. The largest absolute Gasteiger partial charge is 0.368 e. The molecule has 0 aromatic carbocycles. The van der Waals surface area contributed by atoms with Crippen molar-refractivity contribution in [2.75, 3.05) is 6.61 Å². The van der Waals surface area contributed by atoms with E-state index in [1.807, 2.05) is 0 Å². The van der Waals surface area contributed by atoms with Gasteiger partial charge in [0.05, 0.1) is 0 Å². The van der Waals surface area contributed by atoms with E-state index in [9.17, 15) is 4.79 Å². The number of aldehydes is 1. The Hall–Kier alpha value is -0.810. The normalized spacial score (nSPS) is 27.9. The lowest BCUT2D eigenvalue weighted by molar-refractivity contribution is -0.139. The second-order valence-corrected chi connectivity index (χ2v) is 3.55. The minimum Gasteiger partial charge on any atom is -0.368 e. The summed E-state index contributed by atoms with van der Waals surface area (Å²) in [6.07, 6.45) is 11.5. The van der Waals surface area contributed by atoms with E-state index in [1.54, 1.807) is 0 Å². The molecular formula is C11H16O2. The molecule has 1 atom stereocenters. The third kappa shape index (κ3) is 2.86. The minimum atomic E-state index is -0.505. The number of hydrogen-bond donors (Lipinski definition) is 0. The third-order valence-corrected chi connectivity index (χ3v) is 2.52. The lowest BCUT2D eigenvalue weighted by Crippen LogP contribution is -2.37. The summed E-state index contributed by atoms with van der Waals surface area (Å²) >= 11 is 0. The molecule has 1 aliphatic heterocycles. The Labute approximate surface area is 79.7 Å². The van der Waals surface area contributed by atoms with E-state index in [0.29, 0.717) is 0 Å². The molecular weight excluding hydrogens is 164 g/mol. The number of rotatable bonds is 4. The highest BCUT2D eigenvalue weighted by molar-refractivity contribution is 5.62. The molecule has 0 amide bonds. The molecule has 0 aliphatic carbocycles. The van der Waals surface area contributed by atoms with Crippen LogP contribution in [0.5, 0.6) is 0 Å². The molecule has 0 aromatic rings. The van der Waals surface area contributed by atoms with Gasteiger partial charge in [-0.1, -0.05) is 0 Å². The number of terminal acetylenes is 1. The highest BCUT2D eigenvalue weighted by Crippen LogP contribution is 2.27. The summed E-state index contributed by atoms with van der Waals surface area (Å²) in [6.45, 7) is 0.717. The molecule has 0 bridgehead atoms. The van der Waals surface area contributed by atoms with Gasteiger partial charge in [0, 0.05) is 13.0 Å². The van der Waals surface area contributed by atoms with Crippen LogP contribution in [0.3, 0.4) is 0 Å². The molecule has 2 heteroatoms. The van der Waals surface area contributed by atoms with Gasteiger partial charge in [-0.2, -0.15) is 0 Å². The van der Waals surface area contributed by atoms with Crippen molar-refractivity contribution in [1.29, 1.82) is 0 Å². The fraction of sp³-hybridized carbons (Fsp3) is 0.727. The zero-order chi connectivity index (χ0) is 9.57. The Morgan fingerprint density at radius 1 is 1.54 bits per heavy atom. The highest BCUT2D eigenvalue weighted by Gasteiger charge is 2.31. The van der Waals surface area contributed by atoms with Crippen LogP contribution in [-0.4, -0.2) is 18.5 Å². The lowest BCUT2D eigenvalue weighted by atomic mass is 9.90. The van der Waals surface area contributed by atoms with Gasteiger partial charge in [0.25, 0.3) is 0 Å². The first-order chi connectivity index (χ1) is 6.33. The average molecular weight is 180 g/mol. The van der Waals surface area contributed by atoms with Crippen molar-refractivity contribution < 1.29 is 9.53 Å². The Morgan fingerprint density at radius 3 is 2.92 bits per heavy atom. The Morgan fingerprint density at radius 2 is 2.38 bits per heavy atom. The van der Waals surface area contributed by atoms with E-state index in [0.717, 1.165) is 51.4 Å². The van der Waals surface area contributed by atoms with E-state index in [-0.39, 0.29) is 0 Å². The predicted molar refractivity (Wildman–Crippen MR) is 51.3 cm³/mol. The van der Waals surface area contributed by atoms with Gasteiger partial charge in [0.2, 0.25) is 0 Å². The van der Waals surface area contributed by atoms with Crippen LogP contribution in [0, 0.1) is 12.3 Å². The quantitative estimate of drug-likeness (QED) is 0.375. The van der Waals surface area contributed by atoms with Crippen molar-refractivity contribution in [3.8, 4) is 12.3 Å². The molecule has 13 heavy (non-hydrogen) atoms. The van der Waals surface area contributed by atoms with Crippen LogP contribution in [0.2, 0.25) is 0 Å². The van der Waals surface area contributed by atoms with Crippen LogP contribution in [0.15, 0.2) is 0 Å². The first kappa shape index (κ1) is 10.3. The number of hydrogen-bond acceptors (Lipinski definition) is 2. The van der Waals surface area contributed by atoms with E-state index >= 15 is 0 Å². The molecule has 1 fully saturated rings. The Kier molecular flexibility index (Phi) is 3.98. The first-order valence-electron chi connectivity index (χ1n) is 4.87. The van der Waals surface area contributed by atoms with Crippen LogP contribution >= 0.6 is 0 Å². The SMILES string of the molecule is C#CCCCC1(C=O)CCCCO1. The molecule has 0 radical (unpaired) electrons. The molecule has 1 saturated heterocycles.